The molecule has 0 amide bonds. The maximum absolute atomic E-state index is 10.5. The van der Waals surface area contributed by atoms with Crippen molar-refractivity contribution in [1.82, 2.24) is 24.8 Å². The average molecular weight is 553 g/mol. The molecule has 4 aromatic rings. The zero-order valence-electron chi connectivity index (χ0n) is 23.3. The van der Waals surface area contributed by atoms with Gasteiger partial charge in [0.25, 0.3) is 0 Å². The lowest BCUT2D eigenvalue weighted by atomic mass is 10.0. The molecule has 0 unspecified atom stereocenters. The van der Waals surface area contributed by atoms with Gasteiger partial charge in [-0.1, -0.05) is 6.07 Å². The van der Waals surface area contributed by atoms with Crippen LogP contribution in [-0.2, 0) is 0 Å². The van der Waals surface area contributed by atoms with Crippen LogP contribution in [0.1, 0.15) is 30.7 Å². The molecule has 3 fully saturated rings. The minimum atomic E-state index is -0.818. The van der Waals surface area contributed by atoms with E-state index in [1.807, 2.05) is 18.3 Å². The highest BCUT2D eigenvalue weighted by atomic mass is 16.3. The van der Waals surface area contributed by atoms with Gasteiger partial charge in [-0.05, 0) is 68.1 Å². The van der Waals surface area contributed by atoms with E-state index in [9.17, 15) is 10.2 Å². The van der Waals surface area contributed by atoms with E-state index in [0.717, 1.165) is 67.0 Å². The van der Waals surface area contributed by atoms with E-state index >= 15 is 0 Å². The molecule has 10 heteroatoms. The Morgan fingerprint density at radius 2 is 1.73 bits per heavy atom. The summed E-state index contributed by atoms with van der Waals surface area (Å²) in [5.41, 5.74) is 4.98. The van der Waals surface area contributed by atoms with Crippen LogP contribution in [0.2, 0.25) is 0 Å². The van der Waals surface area contributed by atoms with Gasteiger partial charge in [0.15, 0.2) is 5.82 Å². The number of β-amino-alcohol motifs (C(OH)–C–C–N with tert-alkyl or cyclic N) is 1. The topological polar surface area (TPSA) is 114 Å². The predicted molar refractivity (Wildman–Crippen MR) is 161 cm³/mol. The second-order valence-corrected chi connectivity index (χ2v) is 11.5. The zero-order chi connectivity index (χ0) is 27.9. The van der Waals surface area contributed by atoms with Gasteiger partial charge in [0.05, 0.1) is 23.9 Å². The summed E-state index contributed by atoms with van der Waals surface area (Å²) in [5.74, 6) is 2.56. The number of rotatable bonds is 6. The van der Waals surface area contributed by atoms with E-state index in [0.29, 0.717) is 37.1 Å². The highest BCUT2D eigenvalue weighted by Crippen LogP contribution is 2.45. The molecule has 2 atom stereocenters. The first kappa shape index (κ1) is 26.1. The van der Waals surface area contributed by atoms with Crippen molar-refractivity contribution in [3.63, 3.8) is 0 Å². The van der Waals surface area contributed by atoms with Gasteiger partial charge in [-0.3, -0.25) is 4.98 Å². The summed E-state index contributed by atoms with van der Waals surface area (Å²) in [4.78, 5) is 26.0. The average Bonchev–Trinajstić information content (AvgIpc) is 3.84. The van der Waals surface area contributed by atoms with Gasteiger partial charge in [0, 0.05) is 74.0 Å². The van der Waals surface area contributed by atoms with Gasteiger partial charge in [0.2, 0.25) is 0 Å². The molecule has 41 heavy (non-hydrogen) atoms. The van der Waals surface area contributed by atoms with E-state index in [1.54, 1.807) is 12.4 Å². The normalized spacial score (nSPS) is 21.8. The Morgan fingerprint density at radius 3 is 2.54 bits per heavy atom. The number of nitrogens with one attached hydrogen (secondary N) is 1. The summed E-state index contributed by atoms with van der Waals surface area (Å²) >= 11 is 0. The molecule has 0 radical (unpaired) electrons. The van der Waals surface area contributed by atoms with Crippen molar-refractivity contribution >= 4 is 33.9 Å². The number of anilines is 4. The lowest BCUT2D eigenvalue weighted by Crippen LogP contribution is -2.47. The van der Waals surface area contributed by atoms with E-state index in [1.165, 1.54) is 11.3 Å². The Balaban J connectivity index is 1.21. The number of nitrogens with zero attached hydrogens (tertiary/aromatic N) is 7. The maximum atomic E-state index is 10.5. The third-order valence-corrected chi connectivity index (χ3v) is 8.49. The molecule has 1 aromatic carbocycles. The standard InChI is InChI=1S/C31H36N8O2/c1-37-11-13-38(14-12-37)23-4-2-3-22(16-23)34-28-15-21(7-9-33-28)30-35-25-18-32-17-24(20-5-6-20)29(25)31(36-30)39-10-8-26(40)27(41)19-39/h2-4,7,9,15-18,20,26-27,40-41H,5-6,8,10-14,19H2,1H3,(H,33,34)/t26-,27+/m1/s1. The number of aromatic nitrogens is 4. The van der Waals surface area contributed by atoms with Gasteiger partial charge in [0.1, 0.15) is 11.6 Å². The highest BCUT2D eigenvalue weighted by molar-refractivity contribution is 5.94. The zero-order valence-corrected chi connectivity index (χ0v) is 23.3. The van der Waals surface area contributed by atoms with Gasteiger partial charge >= 0.3 is 0 Å². The molecule has 10 nitrogen and oxygen atoms in total. The molecule has 3 N–H and O–H groups in total. The number of pyridine rings is 2. The molecule has 2 aliphatic heterocycles. The van der Waals surface area contributed by atoms with E-state index in [4.69, 9.17) is 9.97 Å². The first-order valence-corrected chi connectivity index (χ1v) is 14.6. The molecule has 3 aromatic heterocycles. The molecule has 212 valence electrons. The fourth-order valence-corrected chi connectivity index (χ4v) is 5.89. The molecule has 0 bridgehead atoms. The van der Waals surface area contributed by atoms with Crippen LogP contribution in [0.25, 0.3) is 22.3 Å². The summed E-state index contributed by atoms with van der Waals surface area (Å²) in [6.45, 7) is 5.08. The fraction of sp³-hybridized carbons (Fsp3) is 0.419. The van der Waals surface area contributed by atoms with Crippen molar-refractivity contribution in [2.45, 2.75) is 37.4 Å². The smallest absolute Gasteiger partial charge is 0.162 e. The maximum Gasteiger partial charge on any atom is 0.162 e. The van der Waals surface area contributed by atoms with Crippen LogP contribution >= 0.6 is 0 Å². The Kier molecular flexibility index (Phi) is 6.90. The SMILES string of the molecule is CN1CCN(c2cccc(Nc3cc(-c4nc(N5CC[C@@H](O)[C@@H](O)C5)c5c(C6CC6)cncc5n4)ccn3)c2)CC1. The molecule has 0 spiro atoms. The lowest BCUT2D eigenvalue weighted by molar-refractivity contribution is 0.00792. The van der Waals surface area contributed by atoms with Crippen molar-refractivity contribution in [3.05, 3.63) is 60.6 Å². The summed E-state index contributed by atoms with van der Waals surface area (Å²) < 4.78 is 0. The number of likely N-dealkylation sites (N-methyl/N-ethyl adjacent to an activating group) is 1. The lowest BCUT2D eigenvalue weighted by Gasteiger charge is -2.35. The molecular formula is C31H36N8O2. The molecule has 3 aliphatic rings. The summed E-state index contributed by atoms with van der Waals surface area (Å²) in [5, 5.41) is 25.1. The largest absolute Gasteiger partial charge is 0.390 e. The van der Waals surface area contributed by atoms with Crippen LogP contribution < -0.4 is 15.1 Å². The van der Waals surface area contributed by atoms with Crippen LogP contribution in [0.3, 0.4) is 0 Å². The van der Waals surface area contributed by atoms with E-state index in [-0.39, 0.29) is 0 Å². The van der Waals surface area contributed by atoms with Crippen molar-refractivity contribution in [1.29, 1.82) is 0 Å². The van der Waals surface area contributed by atoms with Crippen LogP contribution in [-0.4, -0.2) is 93.6 Å². The number of piperazine rings is 1. The minimum Gasteiger partial charge on any atom is -0.390 e. The van der Waals surface area contributed by atoms with Crippen molar-refractivity contribution in [2.24, 2.45) is 0 Å². The first-order chi connectivity index (χ1) is 20.0. The van der Waals surface area contributed by atoms with Crippen LogP contribution in [0, 0.1) is 0 Å². The van der Waals surface area contributed by atoms with Crippen LogP contribution in [0.5, 0.6) is 0 Å². The van der Waals surface area contributed by atoms with Gasteiger partial charge in [-0.2, -0.15) is 0 Å². The van der Waals surface area contributed by atoms with Crippen LogP contribution in [0.4, 0.5) is 23.0 Å². The second-order valence-electron chi connectivity index (χ2n) is 11.5. The Labute approximate surface area is 239 Å². The Bertz CT molecular complexity index is 1550. The third kappa shape index (κ3) is 5.42. The number of hydrogen-bond acceptors (Lipinski definition) is 10. The fourth-order valence-electron chi connectivity index (χ4n) is 5.89. The molecule has 2 saturated heterocycles. The van der Waals surface area contributed by atoms with E-state index in [2.05, 4.69) is 61.3 Å². The second kappa shape index (κ2) is 10.8. The van der Waals surface area contributed by atoms with Crippen molar-refractivity contribution < 1.29 is 10.2 Å². The predicted octanol–water partition coefficient (Wildman–Crippen LogP) is 3.39. The van der Waals surface area contributed by atoms with Gasteiger partial charge in [-0.15, -0.1) is 0 Å². The Hall–Kier alpha value is -3.86. The molecular weight excluding hydrogens is 516 g/mol. The summed E-state index contributed by atoms with van der Waals surface area (Å²) in [6.07, 6.45) is 6.74. The third-order valence-electron chi connectivity index (χ3n) is 8.49. The summed E-state index contributed by atoms with van der Waals surface area (Å²) in [6, 6.07) is 12.4. The van der Waals surface area contributed by atoms with Crippen molar-refractivity contribution in [2.75, 3.05) is 61.4 Å². The molecule has 7 rings (SSSR count). The minimum absolute atomic E-state index is 0.325. The first-order valence-electron chi connectivity index (χ1n) is 14.6. The van der Waals surface area contributed by atoms with Crippen LogP contribution in [0.15, 0.2) is 55.0 Å². The number of benzene rings is 1. The molecule has 5 heterocycles. The Morgan fingerprint density at radius 1 is 0.878 bits per heavy atom. The number of hydrogen-bond donors (Lipinski definition) is 3. The summed E-state index contributed by atoms with van der Waals surface area (Å²) in [7, 11) is 2.17. The van der Waals surface area contributed by atoms with E-state index < -0.39 is 12.2 Å². The molecule has 1 aliphatic carbocycles. The quantitative estimate of drug-likeness (QED) is 0.329. The number of aliphatic hydroxyl groups is 2. The number of aliphatic hydroxyl groups excluding tert-OH is 2. The van der Waals surface area contributed by atoms with Crippen molar-refractivity contribution in [3.8, 4) is 11.4 Å². The highest BCUT2D eigenvalue weighted by Gasteiger charge is 2.32. The number of piperidine rings is 1. The van der Waals surface area contributed by atoms with Gasteiger partial charge < -0.3 is 30.2 Å². The monoisotopic (exact) mass is 552 g/mol. The molecule has 1 saturated carbocycles. The van der Waals surface area contributed by atoms with Gasteiger partial charge in [-0.25, -0.2) is 15.0 Å². The number of fused-ring (bicyclic) bond motifs is 1.